The summed E-state index contributed by atoms with van der Waals surface area (Å²) in [6, 6.07) is 21.7. The number of aromatic nitrogens is 2. The van der Waals surface area contributed by atoms with Crippen molar-refractivity contribution >= 4 is 46.7 Å². The number of rotatable bonds is 20. The van der Waals surface area contributed by atoms with Gasteiger partial charge in [-0.25, -0.2) is 10.3 Å². The molecule has 12 nitrogen and oxygen atoms in total. The Hall–Kier alpha value is -4.98. The van der Waals surface area contributed by atoms with E-state index in [9.17, 15) is 14.4 Å². The van der Waals surface area contributed by atoms with Crippen LogP contribution >= 0.6 is 11.8 Å². The number of thioether (sulfide) groups is 1. The van der Waals surface area contributed by atoms with E-state index in [0.717, 1.165) is 49.1 Å². The number of pyridine rings is 2. The van der Waals surface area contributed by atoms with Crippen molar-refractivity contribution in [2.75, 3.05) is 29.1 Å². The van der Waals surface area contributed by atoms with Crippen molar-refractivity contribution in [3.05, 3.63) is 109 Å². The Labute approximate surface area is 298 Å². The summed E-state index contributed by atoms with van der Waals surface area (Å²) in [5.41, 5.74) is 12.0. The van der Waals surface area contributed by atoms with E-state index in [-0.39, 0.29) is 24.4 Å². The minimum absolute atomic E-state index is 0.0191. The highest BCUT2D eigenvalue weighted by Gasteiger charge is 2.14. The van der Waals surface area contributed by atoms with Crippen molar-refractivity contribution in [3.63, 3.8) is 0 Å². The number of hydroxylamine groups is 1. The first-order valence-corrected chi connectivity index (χ1v) is 17.8. The molecule has 50 heavy (non-hydrogen) atoms. The molecule has 1 atom stereocenters. The van der Waals surface area contributed by atoms with Gasteiger partial charge in [0.1, 0.15) is 5.56 Å². The van der Waals surface area contributed by atoms with Crippen LogP contribution in [-0.4, -0.2) is 41.2 Å². The molecule has 13 heteroatoms. The topological polar surface area (TPSA) is 149 Å². The number of hydrogen-bond donors (Lipinski definition) is 6. The van der Waals surface area contributed by atoms with Crippen molar-refractivity contribution in [1.29, 1.82) is 0 Å². The van der Waals surface area contributed by atoms with Crippen LogP contribution in [0.1, 0.15) is 61.9 Å². The number of nitrogens with one attached hydrogen (secondary N) is 6. The summed E-state index contributed by atoms with van der Waals surface area (Å²) in [6.07, 6.45) is 11.9. The Bertz CT molecular complexity index is 1630. The first kappa shape index (κ1) is 37.8. The molecule has 0 spiro atoms. The van der Waals surface area contributed by atoms with E-state index in [1.165, 1.54) is 0 Å². The zero-order valence-electron chi connectivity index (χ0n) is 28.6. The fraction of sp³-hybridized carbons (Fsp3) is 0.324. The molecule has 4 aromatic rings. The Morgan fingerprint density at radius 2 is 1.56 bits per heavy atom. The molecule has 4 amide bonds. The zero-order chi connectivity index (χ0) is 35.4. The number of urea groups is 1. The van der Waals surface area contributed by atoms with Crippen LogP contribution in [0, 0.1) is 0 Å². The Kier molecular flexibility index (Phi) is 16.0. The van der Waals surface area contributed by atoms with Gasteiger partial charge in [-0.15, -0.1) is 11.8 Å². The quantitative estimate of drug-likeness (QED) is 0.0282. The lowest BCUT2D eigenvalue weighted by molar-refractivity contribution is -0.684. The average Bonchev–Trinajstić information content (AvgIpc) is 3.13. The lowest BCUT2D eigenvalue weighted by Crippen LogP contribution is -2.44. The molecule has 2 heterocycles. The SMILES string of the molecule is CCC(C)Sc1ccc(NC(=O)Nc2ccc(NNC(=O)C[n+]3cccc(C(=O)NCCCCCCNOCc4cccnc4)c3)cc2)cc1. The van der Waals surface area contributed by atoms with E-state index in [4.69, 9.17) is 4.84 Å². The van der Waals surface area contributed by atoms with Crippen molar-refractivity contribution in [3.8, 4) is 0 Å². The predicted molar refractivity (Wildman–Crippen MR) is 197 cm³/mol. The fourth-order valence-electron chi connectivity index (χ4n) is 4.63. The number of amides is 4. The first-order valence-electron chi connectivity index (χ1n) is 16.9. The maximum Gasteiger partial charge on any atom is 0.323 e. The molecule has 0 saturated heterocycles. The van der Waals surface area contributed by atoms with Crippen molar-refractivity contribution in [2.45, 2.75) is 69.2 Å². The Morgan fingerprint density at radius 1 is 0.860 bits per heavy atom. The third kappa shape index (κ3) is 14.2. The summed E-state index contributed by atoms with van der Waals surface area (Å²) >= 11 is 1.81. The average molecular weight is 700 g/mol. The van der Waals surface area contributed by atoms with E-state index in [1.54, 1.807) is 77.5 Å². The van der Waals surface area contributed by atoms with Gasteiger partial charge in [0.2, 0.25) is 6.54 Å². The smallest absolute Gasteiger partial charge is 0.323 e. The predicted octanol–water partition coefficient (Wildman–Crippen LogP) is 6.06. The number of hydrazine groups is 1. The minimum Gasteiger partial charge on any atom is -0.352 e. The molecule has 264 valence electrons. The van der Waals surface area contributed by atoms with Crippen LogP contribution in [0.2, 0.25) is 0 Å². The highest BCUT2D eigenvalue weighted by Crippen LogP contribution is 2.26. The number of nitrogens with zero attached hydrogens (tertiary/aromatic N) is 2. The zero-order valence-corrected chi connectivity index (χ0v) is 29.4. The highest BCUT2D eigenvalue weighted by atomic mass is 32.2. The maximum atomic E-state index is 12.7. The van der Waals surface area contributed by atoms with Crippen molar-refractivity contribution in [1.82, 2.24) is 21.2 Å². The summed E-state index contributed by atoms with van der Waals surface area (Å²) in [6.45, 7) is 6.19. The largest absolute Gasteiger partial charge is 0.352 e. The number of benzene rings is 2. The van der Waals surface area contributed by atoms with Gasteiger partial charge in [-0.05, 0) is 85.5 Å². The van der Waals surface area contributed by atoms with Crippen LogP contribution < -0.4 is 36.8 Å². The lowest BCUT2D eigenvalue weighted by Gasteiger charge is -2.11. The van der Waals surface area contributed by atoms with Crippen LogP contribution in [-0.2, 0) is 22.8 Å². The third-order valence-electron chi connectivity index (χ3n) is 7.51. The van der Waals surface area contributed by atoms with E-state index >= 15 is 0 Å². The number of carbonyl (C=O) groups is 3. The van der Waals surface area contributed by atoms with Crippen molar-refractivity contribution in [2.24, 2.45) is 0 Å². The molecule has 0 fully saturated rings. The molecule has 0 aliphatic heterocycles. The molecule has 0 radical (unpaired) electrons. The summed E-state index contributed by atoms with van der Waals surface area (Å²) in [7, 11) is 0. The van der Waals surface area contributed by atoms with Crippen LogP contribution in [0.15, 0.2) is 102 Å². The van der Waals surface area contributed by atoms with E-state index in [2.05, 4.69) is 51.1 Å². The minimum atomic E-state index is -0.349. The second-order valence-electron chi connectivity index (χ2n) is 11.7. The lowest BCUT2D eigenvalue weighted by atomic mass is 10.2. The van der Waals surface area contributed by atoms with E-state index < -0.39 is 0 Å². The highest BCUT2D eigenvalue weighted by molar-refractivity contribution is 7.99. The van der Waals surface area contributed by atoms with Gasteiger partial charge < -0.3 is 16.0 Å². The molecular formula is C37H47N8O4S+. The second-order valence-corrected chi connectivity index (χ2v) is 13.2. The number of carbonyl (C=O) groups excluding carboxylic acids is 3. The third-order valence-corrected chi connectivity index (χ3v) is 8.79. The van der Waals surface area contributed by atoms with Gasteiger partial charge in [0.15, 0.2) is 12.4 Å². The second kappa shape index (κ2) is 21.2. The van der Waals surface area contributed by atoms with Gasteiger partial charge in [-0.1, -0.05) is 32.8 Å². The number of unbranched alkanes of at least 4 members (excludes halogenated alkanes) is 3. The van der Waals surface area contributed by atoms with Crippen LogP contribution in [0.4, 0.5) is 21.9 Å². The van der Waals surface area contributed by atoms with Crippen LogP contribution in [0.5, 0.6) is 0 Å². The van der Waals surface area contributed by atoms with Gasteiger partial charge in [0.05, 0.1) is 12.3 Å². The van der Waals surface area contributed by atoms with Crippen LogP contribution in [0.3, 0.4) is 0 Å². The number of hydrogen-bond acceptors (Lipinski definition) is 8. The molecule has 2 aromatic heterocycles. The molecule has 2 aromatic carbocycles. The van der Waals surface area contributed by atoms with Gasteiger partial charge in [0, 0.05) is 53.1 Å². The summed E-state index contributed by atoms with van der Waals surface area (Å²) in [5.74, 6) is -0.473. The summed E-state index contributed by atoms with van der Waals surface area (Å²) < 4.78 is 1.65. The molecular weight excluding hydrogens is 653 g/mol. The molecule has 0 aliphatic rings. The molecule has 1 unspecified atom stereocenters. The summed E-state index contributed by atoms with van der Waals surface area (Å²) in [5, 5.41) is 9.13. The molecule has 6 N–H and O–H groups in total. The monoisotopic (exact) mass is 699 g/mol. The Balaban J connectivity index is 1.08. The van der Waals surface area contributed by atoms with Gasteiger partial charge in [-0.2, -0.15) is 4.57 Å². The fourth-order valence-corrected chi connectivity index (χ4v) is 5.56. The van der Waals surface area contributed by atoms with Crippen molar-refractivity contribution < 1.29 is 23.8 Å². The molecule has 4 rings (SSSR count). The normalized spacial score (nSPS) is 11.3. The standard InChI is InChI=1S/C37H46N8O4S/c1-3-28(2)50-34-18-16-32(17-19-34)42-37(48)41-31-12-14-33(15-13-31)43-44-35(46)26-45-23-9-11-30(25-45)36(47)39-21-6-4-5-7-22-40-49-27-29-10-8-20-38-24-29/h8-20,23-25,28,40,43H,3-7,21-22,26-27H2,1-2H3,(H3-,39,41,42,44,46,47,48)/p+1. The first-order chi connectivity index (χ1) is 24.4. The number of anilines is 3. The van der Waals surface area contributed by atoms with E-state index in [1.807, 2.05) is 36.4 Å². The molecule has 0 bridgehead atoms. The van der Waals surface area contributed by atoms with Gasteiger partial charge >= 0.3 is 11.9 Å². The van der Waals surface area contributed by atoms with Gasteiger partial charge in [0.25, 0.3) is 5.91 Å². The van der Waals surface area contributed by atoms with E-state index in [0.29, 0.717) is 41.0 Å². The molecule has 0 saturated carbocycles. The maximum absolute atomic E-state index is 12.7. The summed E-state index contributed by atoms with van der Waals surface area (Å²) in [4.78, 5) is 48.4. The Morgan fingerprint density at radius 3 is 2.26 bits per heavy atom. The van der Waals surface area contributed by atoms with Gasteiger partial charge in [-0.3, -0.25) is 30.3 Å². The molecule has 0 aliphatic carbocycles. The van der Waals surface area contributed by atoms with Crippen LogP contribution in [0.25, 0.3) is 0 Å².